The molecule has 0 aromatic carbocycles. The van der Waals surface area contributed by atoms with Crippen molar-refractivity contribution in [2.75, 3.05) is 19.6 Å². The van der Waals surface area contributed by atoms with Crippen molar-refractivity contribution in [3.05, 3.63) is 23.6 Å². The molecular weight excluding hydrogens is 176 g/mol. The minimum Gasteiger partial charge on any atom is -0.495 e. The van der Waals surface area contributed by atoms with Gasteiger partial charge in [-0.2, -0.15) is 0 Å². The van der Waals surface area contributed by atoms with Crippen molar-refractivity contribution in [2.45, 2.75) is 13.3 Å². The molecule has 3 nitrogen and oxygen atoms in total. The van der Waals surface area contributed by atoms with Crippen LogP contribution >= 0.6 is 0 Å². The molecule has 0 saturated carbocycles. The molecule has 2 atom stereocenters. The molecule has 14 heavy (non-hydrogen) atoms. The first-order chi connectivity index (χ1) is 6.75. The normalized spacial score (nSPS) is 32.9. The van der Waals surface area contributed by atoms with Crippen LogP contribution in [0.3, 0.4) is 0 Å². The lowest BCUT2D eigenvalue weighted by Crippen LogP contribution is -2.35. The fourth-order valence-electron chi connectivity index (χ4n) is 2.24. The van der Waals surface area contributed by atoms with Gasteiger partial charge in [0.2, 0.25) is 0 Å². The third kappa shape index (κ3) is 2.10. The molecule has 0 amide bonds. The second kappa shape index (κ2) is 4.05. The predicted molar refractivity (Wildman–Crippen MR) is 56.9 cm³/mol. The van der Waals surface area contributed by atoms with Crippen LogP contribution in [0.5, 0.6) is 0 Å². The summed E-state index contributed by atoms with van der Waals surface area (Å²) in [7, 11) is 0. The van der Waals surface area contributed by atoms with E-state index in [1.165, 1.54) is 5.57 Å². The lowest BCUT2D eigenvalue weighted by Gasteiger charge is -2.29. The van der Waals surface area contributed by atoms with Crippen LogP contribution in [-0.4, -0.2) is 24.7 Å². The third-order valence-electron chi connectivity index (χ3n) is 2.99. The maximum absolute atomic E-state index is 9.39. The summed E-state index contributed by atoms with van der Waals surface area (Å²) in [6.45, 7) is 5.09. The van der Waals surface area contributed by atoms with Crippen LogP contribution in [0.1, 0.15) is 13.3 Å². The Bertz CT molecular complexity index is 242. The fraction of sp³-hybridized carbons (Fsp3) is 0.636. The van der Waals surface area contributed by atoms with Crippen LogP contribution in [0.4, 0.5) is 0 Å². The molecule has 2 heterocycles. The summed E-state index contributed by atoms with van der Waals surface area (Å²) in [5, 5.41) is 15.7. The van der Waals surface area contributed by atoms with Crippen molar-refractivity contribution in [1.82, 2.24) is 10.6 Å². The van der Waals surface area contributed by atoms with E-state index in [1.54, 1.807) is 0 Å². The molecular formula is C11H18N2O. The predicted octanol–water partition coefficient (Wildman–Crippen LogP) is 1.16. The standard InChI is InChI=1S/C11H18N2O/c1-8-4-10(7-12-6-8)9-2-3-13-11(14)5-9/h4-5,9-10,12-14H,2-3,6-7H2,1H3. The highest BCUT2D eigenvalue weighted by atomic mass is 16.3. The average molecular weight is 194 g/mol. The smallest absolute Gasteiger partial charge is 0.180 e. The molecule has 2 aliphatic rings. The van der Waals surface area contributed by atoms with Gasteiger partial charge in [0.1, 0.15) is 0 Å². The molecule has 0 aromatic rings. The van der Waals surface area contributed by atoms with Gasteiger partial charge in [0, 0.05) is 19.6 Å². The van der Waals surface area contributed by atoms with Crippen LogP contribution in [0.25, 0.3) is 0 Å². The van der Waals surface area contributed by atoms with Crippen LogP contribution in [0.15, 0.2) is 23.6 Å². The molecule has 3 heteroatoms. The summed E-state index contributed by atoms with van der Waals surface area (Å²) in [4.78, 5) is 0. The lowest BCUT2D eigenvalue weighted by molar-refractivity contribution is 0.305. The summed E-state index contributed by atoms with van der Waals surface area (Å²) in [5.74, 6) is 1.38. The van der Waals surface area contributed by atoms with Gasteiger partial charge >= 0.3 is 0 Å². The largest absolute Gasteiger partial charge is 0.495 e. The minimum absolute atomic E-state index is 0.345. The number of hydrogen-bond acceptors (Lipinski definition) is 3. The van der Waals surface area contributed by atoms with Crippen molar-refractivity contribution in [2.24, 2.45) is 11.8 Å². The first-order valence-corrected chi connectivity index (χ1v) is 5.28. The van der Waals surface area contributed by atoms with E-state index >= 15 is 0 Å². The number of rotatable bonds is 1. The molecule has 0 bridgehead atoms. The molecule has 3 N–H and O–H groups in total. The zero-order valence-electron chi connectivity index (χ0n) is 8.59. The maximum atomic E-state index is 9.39. The van der Waals surface area contributed by atoms with Gasteiger partial charge in [-0.05, 0) is 31.3 Å². The quantitative estimate of drug-likeness (QED) is 0.549. The molecule has 0 radical (unpaired) electrons. The Kier molecular flexibility index (Phi) is 2.77. The van der Waals surface area contributed by atoms with Crippen LogP contribution in [-0.2, 0) is 0 Å². The molecule has 0 aliphatic carbocycles. The van der Waals surface area contributed by atoms with Gasteiger partial charge in [-0.25, -0.2) is 0 Å². The van der Waals surface area contributed by atoms with E-state index in [2.05, 4.69) is 23.6 Å². The molecule has 0 fully saturated rings. The zero-order valence-corrected chi connectivity index (χ0v) is 8.59. The first-order valence-electron chi connectivity index (χ1n) is 5.28. The van der Waals surface area contributed by atoms with Crippen molar-refractivity contribution in [3.8, 4) is 0 Å². The van der Waals surface area contributed by atoms with Gasteiger partial charge in [-0.3, -0.25) is 0 Å². The average Bonchev–Trinajstić information content (AvgIpc) is 2.18. The van der Waals surface area contributed by atoms with Gasteiger partial charge in [0.05, 0.1) is 0 Å². The number of aliphatic hydroxyl groups excluding tert-OH is 1. The Morgan fingerprint density at radius 3 is 2.93 bits per heavy atom. The van der Waals surface area contributed by atoms with Gasteiger partial charge in [-0.15, -0.1) is 0 Å². The molecule has 0 spiro atoms. The molecule has 2 unspecified atom stereocenters. The molecule has 0 aromatic heterocycles. The number of aliphatic hydroxyl groups is 1. The number of nitrogens with one attached hydrogen (secondary N) is 2. The highest BCUT2D eigenvalue weighted by Crippen LogP contribution is 2.24. The van der Waals surface area contributed by atoms with Crippen molar-refractivity contribution < 1.29 is 5.11 Å². The first kappa shape index (κ1) is 9.59. The zero-order chi connectivity index (χ0) is 9.97. The summed E-state index contributed by atoms with van der Waals surface area (Å²) in [5.41, 5.74) is 1.41. The topological polar surface area (TPSA) is 44.3 Å². The summed E-state index contributed by atoms with van der Waals surface area (Å²) >= 11 is 0. The van der Waals surface area contributed by atoms with Gasteiger partial charge in [-0.1, -0.05) is 11.6 Å². The maximum Gasteiger partial charge on any atom is 0.180 e. The second-order valence-corrected chi connectivity index (χ2v) is 4.24. The van der Waals surface area contributed by atoms with Crippen molar-refractivity contribution in [3.63, 3.8) is 0 Å². The van der Waals surface area contributed by atoms with Gasteiger partial charge in [0.25, 0.3) is 0 Å². The Hall–Kier alpha value is -0.960. The monoisotopic (exact) mass is 194 g/mol. The molecule has 0 saturated heterocycles. The lowest BCUT2D eigenvalue weighted by atomic mass is 9.85. The van der Waals surface area contributed by atoms with Gasteiger partial charge < -0.3 is 15.7 Å². The Morgan fingerprint density at radius 2 is 2.21 bits per heavy atom. The third-order valence-corrected chi connectivity index (χ3v) is 2.99. The van der Waals surface area contributed by atoms with Crippen molar-refractivity contribution >= 4 is 0 Å². The summed E-state index contributed by atoms with van der Waals surface area (Å²) < 4.78 is 0. The van der Waals surface area contributed by atoms with Crippen LogP contribution in [0.2, 0.25) is 0 Å². The number of allylic oxidation sites excluding steroid dienone is 1. The summed E-state index contributed by atoms with van der Waals surface area (Å²) in [6.07, 6.45) is 5.40. The SMILES string of the molecule is CC1=CC(C2C=C(O)NCC2)CNC1. The van der Waals surface area contributed by atoms with E-state index in [1.807, 2.05) is 6.08 Å². The van der Waals surface area contributed by atoms with E-state index in [0.29, 0.717) is 17.7 Å². The van der Waals surface area contributed by atoms with E-state index in [-0.39, 0.29) is 0 Å². The molecule has 2 rings (SSSR count). The van der Waals surface area contributed by atoms with Crippen LogP contribution < -0.4 is 10.6 Å². The van der Waals surface area contributed by atoms with E-state index < -0.39 is 0 Å². The summed E-state index contributed by atoms with van der Waals surface area (Å²) in [6, 6.07) is 0. The van der Waals surface area contributed by atoms with E-state index in [4.69, 9.17) is 0 Å². The second-order valence-electron chi connectivity index (χ2n) is 4.24. The Morgan fingerprint density at radius 1 is 1.36 bits per heavy atom. The van der Waals surface area contributed by atoms with Gasteiger partial charge in [0.15, 0.2) is 5.88 Å². The molecule has 78 valence electrons. The van der Waals surface area contributed by atoms with Crippen molar-refractivity contribution in [1.29, 1.82) is 0 Å². The highest BCUT2D eigenvalue weighted by molar-refractivity contribution is 5.12. The Balaban J connectivity index is 2.07. The number of hydrogen-bond donors (Lipinski definition) is 3. The fourth-order valence-corrected chi connectivity index (χ4v) is 2.24. The van der Waals surface area contributed by atoms with Crippen LogP contribution in [0, 0.1) is 11.8 Å². The highest BCUT2D eigenvalue weighted by Gasteiger charge is 2.22. The van der Waals surface area contributed by atoms with E-state index in [9.17, 15) is 5.11 Å². The van der Waals surface area contributed by atoms with E-state index in [0.717, 1.165) is 26.1 Å². The molecule has 2 aliphatic heterocycles. The Labute approximate surface area is 84.9 Å². The minimum atomic E-state index is 0.345.